The molecule has 0 spiro atoms. The summed E-state index contributed by atoms with van der Waals surface area (Å²) in [6.07, 6.45) is 3.69. The van der Waals surface area contributed by atoms with Crippen LogP contribution in [0, 0.1) is 0 Å². The van der Waals surface area contributed by atoms with Crippen molar-refractivity contribution >= 4 is 22.7 Å². The smallest absolute Gasteiger partial charge is 0.250 e. The molecule has 1 aliphatic rings. The first-order valence-electron chi connectivity index (χ1n) is 2.22. The minimum Gasteiger partial charge on any atom is -0.272 e. The lowest BCUT2D eigenvalue weighted by molar-refractivity contribution is -0.117. The van der Waals surface area contributed by atoms with Gasteiger partial charge in [-0.25, -0.2) is 4.99 Å². The summed E-state index contributed by atoms with van der Waals surface area (Å²) in [5, 5.41) is 0.279. The standard InChI is InChI=1S/C5H4ClNO/c6-4-2-1-3-5(8)7-4/h1-2H,3H2. The molecule has 42 valence electrons. The van der Waals surface area contributed by atoms with Gasteiger partial charge in [-0.15, -0.1) is 0 Å². The van der Waals surface area contributed by atoms with Crippen LogP contribution < -0.4 is 0 Å². The van der Waals surface area contributed by atoms with E-state index in [1.54, 1.807) is 12.2 Å². The molecule has 1 amide bonds. The first kappa shape index (κ1) is 5.51. The van der Waals surface area contributed by atoms with Gasteiger partial charge in [0.2, 0.25) is 0 Å². The van der Waals surface area contributed by atoms with E-state index in [0.29, 0.717) is 6.42 Å². The molecule has 0 aromatic heterocycles. The predicted molar refractivity (Wildman–Crippen MR) is 32.1 cm³/mol. The summed E-state index contributed by atoms with van der Waals surface area (Å²) in [5.74, 6) is -0.169. The summed E-state index contributed by atoms with van der Waals surface area (Å²) in [4.78, 5) is 13.8. The molecule has 1 rings (SSSR count). The average molecular weight is 130 g/mol. The molecule has 0 aliphatic carbocycles. The number of dihydropyridines is 1. The molecule has 0 radical (unpaired) electrons. The number of carbonyl (C=O) groups is 1. The van der Waals surface area contributed by atoms with Crippen molar-refractivity contribution in [2.24, 2.45) is 4.99 Å². The molecule has 0 aromatic rings. The molecule has 0 fully saturated rings. The molecule has 2 nitrogen and oxygen atoms in total. The number of halogens is 1. The van der Waals surface area contributed by atoms with Gasteiger partial charge in [-0.3, -0.25) is 4.79 Å². The lowest BCUT2D eigenvalue weighted by Gasteiger charge is -1.93. The zero-order valence-corrected chi connectivity index (χ0v) is 4.85. The first-order chi connectivity index (χ1) is 3.79. The second-order valence-electron chi connectivity index (χ2n) is 1.43. The summed E-state index contributed by atoms with van der Waals surface area (Å²) in [6, 6.07) is 0. The van der Waals surface area contributed by atoms with Crippen LogP contribution >= 0.6 is 11.6 Å². The van der Waals surface area contributed by atoms with E-state index < -0.39 is 0 Å². The maximum atomic E-state index is 10.4. The molecule has 0 aromatic carbocycles. The molecule has 1 aliphatic heterocycles. The largest absolute Gasteiger partial charge is 0.272 e. The highest BCUT2D eigenvalue weighted by molar-refractivity contribution is 6.69. The SMILES string of the molecule is O=C1CC=CC(Cl)=N1. The summed E-state index contributed by atoms with van der Waals surface area (Å²) in [5.41, 5.74) is 0. The zero-order valence-electron chi connectivity index (χ0n) is 4.10. The molecule has 0 N–H and O–H groups in total. The van der Waals surface area contributed by atoms with E-state index in [2.05, 4.69) is 4.99 Å². The van der Waals surface area contributed by atoms with Gasteiger partial charge in [0, 0.05) is 6.42 Å². The van der Waals surface area contributed by atoms with Crippen LogP contribution in [-0.4, -0.2) is 11.1 Å². The molecule has 1 heterocycles. The van der Waals surface area contributed by atoms with Crippen molar-refractivity contribution in [2.75, 3.05) is 0 Å². The maximum absolute atomic E-state index is 10.4. The molecule has 0 saturated heterocycles. The molecule has 0 unspecified atom stereocenters. The van der Waals surface area contributed by atoms with Crippen LogP contribution in [0.2, 0.25) is 0 Å². The Labute approximate surface area is 51.9 Å². The van der Waals surface area contributed by atoms with Crippen LogP contribution in [0.3, 0.4) is 0 Å². The second-order valence-corrected chi connectivity index (χ2v) is 1.82. The summed E-state index contributed by atoms with van der Waals surface area (Å²) in [7, 11) is 0. The van der Waals surface area contributed by atoms with Crippen molar-refractivity contribution in [1.29, 1.82) is 0 Å². The van der Waals surface area contributed by atoms with Gasteiger partial charge in [0.1, 0.15) is 5.17 Å². The number of rotatable bonds is 0. The second kappa shape index (κ2) is 2.09. The van der Waals surface area contributed by atoms with Gasteiger partial charge in [-0.05, 0) is 6.08 Å². The van der Waals surface area contributed by atoms with Crippen LogP contribution in [0.25, 0.3) is 0 Å². The molecule has 0 bridgehead atoms. The van der Waals surface area contributed by atoms with Crippen LogP contribution in [0.1, 0.15) is 6.42 Å². The Bertz CT molecular complexity index is 171. The molecule has 0 saturated carbocycles. The monoisotopic (exact) mass is 129 g/mol. The van der Waals surface area contributed by atoms with Crippen LogP contribution in [-0.2, 0) is 4.79 Å². The lowest BCUT2D eigenvalue weighted by Crippen LogP contribution is -1.98. The zero-order chi connectivity index (χ0) is 5.98. The first-order valence-corrected chi connectivity index (χ1v) is 2.60. The minimum absolute atomic E-state index is 0.169. The van der Waals surface area contributed by atoms with Crippen molar-refractivity contribution < 1.29 is 4.79 Å². The number of carbonyl (C=O) groups excluding carboxylic acids is 1. The molecule has 3 heteroatoms. The predicted octanol–water partition coefficient (Wildman–Crippen LogP) is 1.11. The maximum Gasteiger partial charge on any atom is 0.250 e. The Hall–Kier alpha value is -0.630. The summed E-state index contributed by atoms with van der Waals surface area (Å²) < 4.78 is 0. The highest BCUT2D eigenvalue weighted by atomic mass is 35.5. The number of hydrogen-bond acceptors (Lipinski definition) is 1. The number of aliphatic imine (C=N–C) groups is 1. The topological polar surface area (TPSA) is 29.4 Å². The quantitative estimate of drug-likeness (QED) is 0.482. The third-order valence-corrected chi connectivity index (χ3v) is 0.990. The third-order valence-electron chi connectivity index (χ3n) is 0.779. The van der Waals surface area contributed by atoms with Crippen LogP contribution in [0.4, 0.5) is 0 Å². The molecule has 0 atom stereocenters. The Morgan fingerprint density at radius 2 is 2.50 bits per heavy atom. The highest BCUT2D eigenvalue weighted by Gasteiger charge is 2.00. The van der Waals surface area contributed by atoms with E-state index in [9.17, 15) is 4.79 Å². The summed E-state index contributed by atoms with van der Waals surface area (Å²) >= 11 is 5.35. The van der Waals surface area contributed by atoms with Gasteiger partial charge in [0.05, 0.1) is 0 Å². The van der Waals surface area contributed by atoms with E-state index >= 15 is 0 Å². The Morgan fingerprint density at radius 3 is 2.88 bits per heavy atom. The van der Waals surface area contributed by atoms with Gasteiger partial charge in [0.25, 0.3) is 5.91 Å². The fourth-order valence-electron chi connectivity index (χ4n) is 0.459. The Morgan fingerprint density at radius 1 is 1.75 bits per heavy atom. The van der Waals surface area contributed by atoms with Crippen molar-refractivity contribution in [1.82, 2.24) is 0 Å². The third kappa shape index (κ3) is 1.17. The normalized spacial score (nSPS) is 18.6. The van der Waals surface area contributed by atoms with E-state index in [0.717, 1.165) is 0 Å². The van der Waals surface area contributed by atoms with Crippen molar-refractivity contribution in [3.05, 3.63) is 12.2 Å². The van der Waals surface area contributed by atoms with Crippen LogP contribution in [0.15, 0.2) is 17.1 Å². The average Bonchev–Trinajstić information content (AvgIpc) is 1.64. The molecule has 8 heavy (non-hydrogen) atoms. The van der Waals surface area contributed by atoms with Gasteiger partial charge in [-0.1, -0.05) is 17.7 Å². The van der Waals surface area contributed by atoms with E-state index in [1.165, 1.54) is 0 Å². The van der Waals surface area contributed by atoms with Crippen molar-refractivity contribution in [3.63, 3.8) is 0 Å². The van der Waals surface area contributed by atoms with Crippen LogP contribution in [0.5, 0.6) is 0 Å². The Balaban J connectivity index is 2.77. The number of allylic oxidation sites excluding steroid dienone is 1. The fourth-order valence-corrected chi connectivity index (χ4v) is 0.642. The van der Waals surface area contributed by atoms with E-state index in [1.807, 2.05) is 0 Å². The van der Waals surface area contributed by atoms with Gasteiger partial charge in [-0.2, -0.15) is 0 Å². The van der Waals surface area contributed by atoms with Gasteiger partial charge >= 0.3 is 0 Å². The highest BCUT2D eigenvalue weighted by Crippen LogP contribution is 2.00. The van der Waals surface area contributed by atoms with E-state index in [4.69, 9.17) is 11.6 Å². The number of amides is 1. The van der Waals surface area contributed by atoms with Crippen molar-refractivity contribution in [2.45, 2.75) is 6.42 Å². The fraction of sp³-hybridized carbons (Fsp3) is 0.200. The summed E-state index contributed by atoms with van der Waals surface area (Å²) in [6.45, 7) is 0. The lowest BCUT2D eigenvalue weighted by atomic mass is 10.3. The molecular formula is C5H4ClNO. The van der Waals surface area contributed by atoms with Gasteiger partial charge in [0.15, 0.2) is 0 Å². The van der Waals surface area contributed by atoms with Crippen molar-refractivity contribution in [3.8, 4) is 0 Å². The number of nitrogens with zero attached hydrogens (tertiary/aromatic N) is 1. The minimum atomic E-state index is -0.169. The molecular weight excluding hydrogens is 126 g/mol. The Kier molecular flexibility index (Phi) is 1.44. The number of hydrogen-bond donors (Lipinski definition) is 0. The van der Waals surface area contributed by atoms with E-state index in [-0.39, 0.29) is 11.1 Å². The van der Waals surface area contributed by atoms with Gasteiger partial charge < -0.3 is 0 Å².